The van der Waals surface area contributed by atoms with E-state index in [1.165, 1.54) is 41.4 Å². The summed E-state index contributed by atoms with van der Waals surface area (Å²) in [7, 11) is -3.92. The summed E-state index contributed by atoms with van der Waals surface area (Å²) in [6.07, 6.45) is 6.77. The fourth-order valence-electron chi connectivity index (χ4n) is 5.04. The molecule has 3 aromatic rings. The van der Waals surface area contributed by atoms with Crippen LogP contribution in [0.1, 0.15) is 71.9 Å². The first-order valence-electron chi connectivity index (χ1n) is 15.5. The zero-order valence-electron chi connectivity index (χ0n) is 26.6. The standard InChI is InChI=1S/C35H44N4O6S/c1-5-18-38(19-6-2)35(43)29-22-26(8-4)21-28(24-29)34(42)36-32(23-27-14-16-30(40)17-15-27)33(41)25-39(20-7-3)37-46(44,45)31-12-10-9-11-13-31/h4,9-17,21-22,24,32-33,37,40-41H,5-7,18-20,23,25H2,1-3H3,(H,36,42). The summed E-state index contributed by atoms with van der Waals surface area (Å²) in [6.45, 7) is 7.15. The van der Waals surface area contributed by atoms with E-state index < -0.39 is 28.1 Å². The van der Waals surface area contributed by atoms with Gasteiger partial charge in [0.1, 0.15) is 5.75 Å². The van der Waals surface area contributed by atoms with Gasteiger partial charge in [-0.1, -0.05) is 57.0 Å². The first-order valence-corrected chi connectivity index (χ1v) is 17.0. The van der Waals surface area contributed by atoms with Gasteiger partial charge in [-0.2, -0.15) is 0 Å². The molecule has 0 saturated carbocycles. The number of rotatable bonds is 17. The number of aliphatic hydroxyl groups is 1. The smallest absolute Gasteiger partial charge is 0.253 e. The van der Waals surface area contributed by atoms with Crippen LogP contribution in [0.15, 0.2) is 77.7 Å². The van der Waals surface area contributed by atoms with Crippen molar-refractivity contribution in [3.63, 3.8) is 0 Å². The Bertz CT molecular complexity index is 1580. The lowest BCUT2D eigenvalue weighted by molar-refractivity contribution is 0.0619. The average molecular weight is 649 g/mol. The molecular weight excluding hydrogens is 604 g/mol. The molecular formula is C35H44N4O6S. The lowest BCUT2D eigenvalue weighted by Crippen LogP contribution is -2.53. The number of sulfonamides is 1. The second-order valence-corrected chi connectivity index (χ2v) is 12.8. The summed E-state index contributed by atoms with van der Waals surface area (Å²) in [6, 6.07) is 18.0. The van der Waals surface area contributed by atoms with Crippen LogP contribution in [0, 0.1) is 12.3 Å². The number of nitrogens with one attached hydrogen (secondary N) is 2. The molecule has 3 aromatic carbocycles. The Morgan fingerprint density at radius 1 is 0.891 bits per heavy atom. The van der Waals surface area contributed by atoms with Gasteiger partial charge < -0.3 is 20.4 Å². The molecule has 0 bridgehead atoms. The highest BCUT2D eigenvalue weighted by molar-refractivity contribution is 7.89. The Balaban J connectivity index is 1.91. The number of hydrogen-bond donors (Lipinski definition) is 4. The number of carbonyl (C=O) groups is 2. The summed E-state index contributed by atoms with van der Waals surface area (Å²) in [5.41, 5.74) is 1.54. The quantitative estimate of drug-likeness (QED) is 0.128. The summed E-state index contributed by atoms with van der Waals surface area (Å²) in [5.74, 6) is 1.81. The number of nitrogens with zero attached hydrogens (tertiary/aromatic N) is 2. The number of benzene rings is 3. The highest BCUT2D eigenvalue weighted by atomic mass is 32.2. The normalized spacial score (nSPS) is 12.7. The van der Waals surface area contributed by atoms with Crippen molar-refractivity contribution >= 4 is 21.8 Å². The number of phenols is 1. The van der Waals surface area contributed by atoms with Crippen molar-refractivity contribution in [2.75, 3.05) is 26.2 Å². The minimum absolute atomic E-state index is 0.0674. The third-order valence-electron chi connectivity index (χ3n) is 7.26. The molecule has 0 aliphatic heterocycles. The van der Waals surface area contributed by atoms with Crippen molar-refractivity contribution in [1.82, 2.24) is 20.1 Å². The second kappa shape index (κ2) is 17.5. The van der Waals surface area contributed by atoms with Crippen LogP contribution in [0.3, 0.4) is 0 Å². The fraction of sp³-hybridized carbons (Fsp3) is 0.371. The molecule has 0 fully saturated rings. The van der Waals surface area contributed by atoms with Crippen LogP contribution in [-0.2, 0) is 16.4 Å². The molecule has 2 atom stereocenters. The molecule has 0 heterocycles. The Kier molecular flexibility index (Phi) is 13.8. The van der Waals surface area contributed by atoms with Crippen molar-refractivity contribution < 1.29 is 28.2 Å². The van der Waals surface area contributed by atoms with E-state index in [1.807, 2.05) is 20.8 Å². The monoisotopic (exact) mass is 648 g/mol. The Hall–Kier alpha value is -4.21. The van der Waals surface area contributed by atoms with Crippen LogP contribution in [0.25, 0.3) is 0 Å². The van der Waals surface area contributed by atoms with Gasteiger partial charge in [0.15, 0.2) is 0 Å². The van der Waals surface area contributed by atoms with Gasteiger partial charge in [-0.15, -0.1) is 11.3 Å². The molecule has 2 amide bonds. The molecule has 4 N–H and O–H groups in total. The summed E-state index contributed by atoms with van der Waals surface area (Å²) >= 11 is 0. The molecule has 246 valence electrons. The van der Waals surface area contributed by atoms with Gasteiger partial charge in [0.05, 0.1) is 17.0 Å². The first-order chi connectivity index (χ1) is 22.0. The van der Waals surface area contributed by atoms with Gasteiger partial charge in [-0.25, -0.2) is 13.4 Å². The van der Waals surface area contributed by atoms with Gasteiger partial charge in [0, 0.05) is 42.9 Å². The van der Waals surface area contributed by atoms with Gasteiger partial charge in [-0.05, 0) is 73.7 Å². The van der Waals surface area contributed by atoms with E-state index in [4.69, 9.17) is 6.42 Å². The highest BCUT2D eigenvalue weighted by Gasteiger charge is 2.27. The maximum Gasteiger partial charge on any atom is 0.253 e. The summed E-state index contributed by atoms with van der Waals surface area (Å²) in [5, 5.41) is 25.5. The van der Waals surface area contributed by atoms with Crippen LogP contribution < -0.4 is 10.1 Å². The van der Waals surface area contributed by atoms with Crippen molar-refractivity contribution in [3.8, 4) is 18.1 Å². The van der Waals surface area contributed by atoms with Crippen LogP contribution in [0.2, 0.25) is 0 Å². The second-order valence-electron chi connectivity index (χ2n) is 11.1. The minimum Gasteiger partial charge on any atom is -0.508 e. The largest absolute Gasteiger partial charge is 0.508 e. The van der Waals surface area contributed by atoms with Crippen LogP contribution in [0.4, 0.5) is 0 Å². The SMILES string of the molecule is C#Cc1cc(C(=O)NC(Cc2ccc(O)cc2)C(O)CN(CCC)NS(=O)(=O)c2ccccc2)cc(C(=O)N(CCC)CCC)c1. The molecule has 0 aliphatic rings. The van der Waals surface area contributed by atoms with Crippen molar-refractivity contribution in [1.29, 1.82) is 0 Å². The number of terminal acetylenes is 1. The molecule has 10 nitrogen and oxygen atoms in total. The summed E-state index contributed by atoms with van der Waals surface area (Å²) in [4.78, 5) is 31.4. The van der Waals surface area contributed by atoms with Crippen LogP contribution in [-0.4, -0.2) is 78.7 Å². The molecule has 0 aliphatic carbocycles. The number of phenolic OH excluding ortho intramolecular Hbond substituents is 1. The first kappa shape index (κ1) is 36.3. The maximum absolute atomic E-state index is 13.7. The maximum atomic E-state index is 13.7. The zero-order chi connectivity index (χ0) is 33.7. The predicted octanol–water partition coefficient (Wildman–Crippen LogP) is 3.94. The molecule has 2 unspecified atom stereocenters. The number of amides is 2. The van der Waals surface area contributed by atoms with Crippen molar-refractivity contribution in [2.45, 2.75) is 63.5 Å². The lowest BCUT2D eigenvalue weighted by Gasteiger charge is -2.30. The minimum atomic E-state index is -3.92. The lowest BCUT2D eigenvalue weighted by atomic mass is 9.99. The third-order valence-corrected chi connectivity index (χ3v) is 8.65. The van der Waals surface area contributed by atoms with E-state index in [2.05, 4.69) is 16.1 Å². The number of aliphatic hydroxyl groups excluding tert-OH is 1. The number of carbonyl (C=O) groups excluding carboxylic acids is 2. The Morgan fingerprint density at radius 2 is 1.50 bits per heavy atom. The Morgan fingerprint density at radius 3 is 2.09 bits per heavy atom. The van der Waals surface area contributed by atoms with Crippen LogP contribution >= 0.6 is 0 Å². The predicted molar refractivity (Wildman–Crippen MR) is 179 cm³/mol. The van der Waals surface area contributed by atoms with Gasteiger partial charge in [0.25, 0.3) is 21.8 Å². The van der Waals surface area contributed by atoms with E-state index >= 15 is 0 Å². The molecule has 11 heteroatoms. The zero-order valence-corrected chi connectivity index (χ0v) is 27.5. The molecule has 0 radical (unpaired) electrons. The number of hydrogen-bond acceptors (Lipinski definition) is 7. The molecule has 3 rings (SSSR count). The van der Waals surface area contributed by atoms with E-state index in [9.17, 15) is 28.2 Å². The van der Waals surface area contributed by atoms with Crippen molar-refractivity contribution in [3.05, 3.63) is 95.1 Å². The summed E-state index contributed by atoms with van der Waals surface area (Å²) < 4.78 is 26.1. The highest BCUT2D eigenvalue weighted by Crippen LogP contribution is 2.17. The third kappa shape index (κ3) is 10.4. The van der Waals surface area contributed by atoms with E-state index in [0.717, 1.165) is 18.4 Å². The molecule has 0 aromatic heterocycles. The molecule has 0 saturated heterocycles. The van der Waals surface area contributed by atoms with E-state index in [-0.39, 0.29) is 35.1 Å². The molecule has 0 spiro atoms. The Labute approximate surface area is 272 Å². The van der Waals surface area contributed by atoms with Crippen LogP contribution in [0.5, 0.6) is 5.75 Å². The van der Waals surface area contributed by atoms with Crippen molar-refractivity contribution in [2.24, 2.45) is 0 Å². The van der Waals surface area contributed by atoms with Gasteiger partial charge >= 0.3 is 0 Å². The molecule has 46 heavy (non-hydrogen) atoms. The van der Waals surface area contributed by atoms with Gasteiger partial charge in [-0.3, -0.25) is 9.59 Å². The average Bonchev–Trinajstić information content (AvgIpc) is 3.05. The van der Waals surface area contributed by atoms with E-state index in [1.54, 1.807) is 41.3 Å². The topological polar surface area (TPSA) is 139 Å². The van der Waals surface area contributed by atoms with E-state index in [0.29, 0.717) is 37.2 Å². The number of hydrazine groups is 1. The van der Waals surface area contributed by atoms with Gasteiger partial charge in [0.2, 0.25) is 0 Å². The number of aromatic hydroxyl groups is 1. The fourth-order valence-corrected chi connectivity index (χ4v) is 6.17.